The summed E-state index contributed by atoms with van der Waals surface area (Å²) in [6.07, 6.45) is 1.67. The Morgan fingerprint density at radius 1 is 1.03 bits per heavy atom. The fourth-order valence-electron chi connectivity index (χ4n) is 3.06. The summed E-state index contributed by atoms with van der Waals surface area (Å²) in [5, 5.41) is 34.8. The summed E-state index contributed by atoms with van der Waals surface area (Å²) in [5.74, 6) is -5.30. The second-order valence-electron chi connectivity index (χ2n) is 7.96. The van der Waals surface area contributed by atoms with Crippen LogP contribution in [0.5, 0.6) is 0 Å². The number of H-pyrrole nitrogens is 1. The zero-order chi connectivity index (χ0) is 26.5. The maximum absolute atomic E-state index is 13.0. The number of unbranched alkanes of at least 4 members (excludes halogenated alkanes) is 1. The molecule has 196 valence electrons. The van der Waals surface area contributed by atoms with Crippen molar-refractivity contribution in [2.75, 3.05) is 6.54 Å². The second-order valence-corrected chi connectivity index (χ2v) is 7.96. The van der Waals surface area contributed by atoms with Crippen molar-refractivity contribution in [1.82, 2.24) is 25.9 Å². The number of aliphatic hydroxyl groups is 1. The van der Waals surface area contributed by atoms with Crippen LogP contribution >= 0.6 is 0 Å². The van der Waals surface area contributed by atoms with Crippen LogP contribution in [0.25, 0.3) is 0 Å². The lowest BCUT2D eigenvalue weighted by Gasteiger charge is -2.25. The van der Waals surface area contributed by atoms with Crippen molar-refractivity contribution in [3.8, 4) is 0 Å². The number of hydrogen-bond donors (Lipinski definition) is 9. The molecule has 0 aliphatic heterocycles. The molecule has 5 atom stereocenters. The van der Waals surface area contributed by atoms with E-state index in [0.29, 0.717) is 25.1 Å². The highest BCUT2D eigenvalue weighted by molar-refractivity contribution is 5.94. The van der Waals surface area contributed by atoms with E-state index in [1.165, 1.54) is 19.4 Å². The number of aromatic amines is 1. The van der Waals surface area contributed by atoms with Gasteiger partial charge in [-0.05, 0) is 32.7 Å². The lowest BCUT2D eigenvalue weighted by Crippen LogP contribution is -2.58. The minimum Gasteiger partial charge on any atom is -0.481 e. The lowest BCUT2D eigenvalue weighted by atomic mass is 10.0. The first kappa shape index (κ1) is 29.5. The zero-order valence-corrected chi connectivity index (χ0v) is 19.3. The molecule has 11 N–H and O–H groups in total. The Morgan fingerprint density at radius 2 is 1.66 bits per heavy atom. The van der Waals surface area contributed by atoms with E-state index in [1.54, 1.807) is 0 Å². The van der Waals surface area contributed by atoms with E-state index in [0.717, 1.165) is 0 Å². The summed E-state index contributed by atoms with van der Waals surface area (Å²) in [7, 11) is 0. The fourth-order valence-corrected chi connectivity index (χ4v) is 3.06. The van der Waals surface area contributed by atoms with Crippen molar-refractivity contribution < 1.29 is 39.3 Å². The van der Waals surface area contributed by atoms with Crippen molar-refractivity contribution in [2.45, 2.75) is 69.3 Å². The number of carbonyl (C=O) groups is 5. The number of carboxylic acids is 2. The van der Waals surface area contributed by atoms with Crippen LogP contribution in [-0.4, -0.2) is 91.8 Å². The number of aromatic nitrogens is 2. The molecule has 1 rings (SSSR count). The number of amides is 3. The molecule has 0 aromatic carbocycles. The number of rotatable bonds is 16. The van der Waals surface area contributed by atoms with Crippen molar-refractivity contribution in [2.24, 2.45) is 11.5 Å². The van der Waals surface area contributed by atoms with E-state index in [-0.39, 0.29) is 12.8 Å². The summed E-state index contributed by atoms with van der Waals surface area (Å²) in [4.78, 5) is 67.0. The minimum absolute atomic E-state index is 0.105. The van der Waals surface area contributed by atoms with Gasteiger partial charge in [0.1, 0.15) is 12.1 Å². The van der Waals surface area contributed by atoms with Gasteiger partial charge in [-0.3, -0.25) is 19.2 Å². The molecule has 1 aromatic heterocycles. The molecule has 0 bridgehead atoms. The Hall–Kier alpha value is -3.56. The number of carboxylic acid groups (broad SMARTS) is 2. The van der Waals surface area contributed by atoms with Gasteiger partial charge in [-0.15, -0.1) is 0 Å². The third-order valence-electron chi connectivity index (χ3n) is 4.97. The number of aliphatic carboxylic acids is 2. The monoisotopic (exact) mass is 499 g/mol. The Morgan fingerprint density at radius 3 is 2.17 bits per heavy atom. The van der Waals surface area contributed by atoms with Crippen LogP contribution in [0.15, 0.2) is 12.5 Å². The summed E-state index contributed by atoms with van der Waals surface area (Å²) < 4.78 is 0. The normalized spacial score (nSPS) is 15.2. The molecule has 0 aliphatic rings. The van der Waals surface area contributed by atoms with Gasteiger partial charge in [-0.25, -0.2) is 9.78 Å². The number of hydrogen-bond acceptors (Lipinski definition) is 9. The average Bonchev–Trinajstić information content (AvgIpc) is 3.28. The molecule has 0 saturated carbocycles. The SMILES string of the molecule is CC(O)C(NC(=O)C(Cc1cnc[nH]1)NC(=O)C(CCCCN)NC(=O)C(N)CC(=O)O)C(=O)O. The second kappa shape index (κ2) is 14.6. The molecular weight excluding hydrogens is 466 g/mol. The van der Waals surface area contributed by atoms with Gasteiger partial charge in [0.2, 0.25) is 17.7 Å². The topological polar surface area (TPSA) is 263 Å². The predicted molar refractivity (Wildman–Crippen MR) is 121 cm³/mol. The first-order chi connectivity index (χ1) is 16.5. The largest absolute Gasteiger partial charge is 0.481 e. The number of imidazole rings is 1. The molecule has 0 fully saturated rings. The van der Waals surface area contributed by atoms with Gasteiger partial charge >= 0.3 is 11.9 Å². The highest BCUT2D eigenvalue weighted by atomic mass is 16.4. The van der Waals surface area contributed by atoms with Crippen LogP contribution < -0.4 is 27.4 Å². The molecule has 0 aliphatic carbocycles. The lowest BCUT2D eigenvalue weighted by molar-refractivity contribution is -0.145. The number of nitrogens with zero attached hydrogens (tertiary/aromatic N) is 1. The van der Waals surface area contributed by atoms with Crippen molar-refractivity contribution in [3.05, 3.63) is 18.2 Å². The smallest absolute Gasteiger partial charge is 0.328 e. The molecule has 0 spiro atoms. The van der Waals surface area contributed by atoms with E-state index in [9.17, 15) is 34.2 Å². The van der Waals surface area contributed by atoms with Gasteiger partial charge in [-0.2, -0.15) is 0 Å². The van der Waals surface area contributed by atoms with Crippen LogP contribution in [0.4, 0.5) is 0 Å². The molecule has 5 unspecified atom stereocenters. The molecule has 15 heteroatoms. The van der Waals surface area contributed by atoms with E-state index < -0.39 is 66.4 Å². The van der Waals surface area contributed by atoms with Crippen molar-refractivity contribution in [3.63, 3.8) is 0 Å². The Labute approximate surface area is 201 Å². The van der Waals surface area contributed by atoms with Crippen molar-refractivity contribution in [1.29, 1.82) is 0 Å². The molecule has 0 saturated heterocycles. The van der Waals surface area contributed by atoms with Gasteiger partial charge in [-0.1, -0.05) is 0 Å². The maximum atomic E-state index is 13.0. The van der Waals surface area contributed by atoms with Crippen LogP contribution in [-0.2, 0) is 30.4 Å². The molecule has 15 nitrogen and oxygen atoms in total. The van der Waals surface area contributed by atoms with E-state index >= 15 is 0 Å². The molecular formula is C20H33N7O8. The van der Waals surface area contributed by atoms with Gasteiger partial charge in [0.05, 0.1) is 24.9 Å². The Kier molecular flexibility index (Phi) is 12.3. The van der Waals surface area contributed by atoms with Gasteiger partial charge < -0.3 is 47.7 Å². The summed E-state index contributed by atoms with van der Waals surface area (Å²) in [6, 6.07) is -5.50. The van der Waals surface area contributed by atoms with E-state index in [4.69, 9.17) is 16.6 Å². The van der Waals surface area contributed by atoms with Crippen molar-refractivity contribution >= 4 is 29.7 Å². The van der Waals surface area contributed by atoms with E-state index in [2.05, 4.69) is 25.9 Å². The van der Waals surface area contributed by atoms with E-state index in [1.807, 2.05) is 0 Å². The standard InChI is InChI=1S/C20H33N7O8/c1-10(28)16(20(34)35)27-19(33)14(6-11-8-23-9-24-11)26-18(32)13(4-2-3-5-21)25-17(31)12(22)7-15(29)30/h8-10,12-14,16,28H,2-7,21-22H2,1H3,(H,23,24)(H,25,31)(H,26,32)(H,27,33)(H,29,30)(H,34,35). The number of carbonyl (C=O) groups excluding carboxylic acids is 3. The van der Waals surface area contributed by atoms with Gasteiger partial charge in [0, 0.05) is 18.3 Å². The first-order valence-electron chi connectivity index (χ1n) is 10.9. The molecule has 1 aromatic rings. The number of nitrogens with two attached hydrogens (primary N) is 2. The Bertz CT molecular complexity index is 862. The quantitative estimate of drug-likeness (QED) is 0.102. The van der Waals surface area contributed by atoms with Gasteiger partial charge in [0.15, 0.2) is 6.04 Å². The zero-order valence-electron chi connectivity index (χ0n) is 19.3. The fraction of sp³-hybridized carbons (Fsp3) is 0.600. The third-order valence-corrected chi connectivity index (χ3v) is 4.97. The minimum atomic E-state index is -1.63. The highest BCUT2D eigenvalue weighted by Crippen LogP contribution is 2.06. The average molecular weight is 500 g/mol. The molecule has 0 radical (unpaired) electrons. The number of aliphatic hydroxyl groups excluding tert-OH is 1. The number of nitrogens with one attached hydrogen (secondary N) is 4. The predicted octanol–water partition coefficient (Wildman–Crippen LogP) is -3.20. The summed E-state index contributed by atoms with van der Waals surface area (Å²) >= 11 is 0. The van der Waals surface area contributed by atoms with Crippen LogP contribution in [0.2, 0.25) is 0 Å². The summed E-state index contributed by atoms with van der Waals surface area (Å²) in [5.41, 5.74) is 11.5. The van der Waals surface area contributed by atoms with Gasteiger partial charge in [0.25, 0.3) is 0 Å². The molecule has 3 amide bonds. The molecule has 35 heavy (non-hydrogen) atoms. The molecule has 1 heterocycles. The summed E-state index contributed by atoms with van der Waals surface area (Å²) in [6.45, 7) is 1.52. The van der Waals surface area contributed by atoms with Crippen LogP contribution in [0.1, 0.15) is 38.3 Å². The highest BCUT2D eigenvalue weighted by Gasteiger charge is 2.32. The first-order valence-corrected chi connectivity index (χ1v) is 10.9. The maximum Gasteiger partial charge on any atom is 0.328 e. The van der Waals surface area contributed by atoms with Crippen LogP contribution in [0, 0.1) is 0 Å². The third kappa shape index (κ3) is 10.5. The van der Waals surface area contributed by atoms with Crippen LogP contribution in [0.3, 0.4) is 0 Å². The Balaban J connectivity index is 3.06.